The highest BCUT2D eigenvalue weighted by Crippen LogP contribution is 2.17. The molecule has 1 atom stereocenters. The van der Waals surface area contributed by atoms with Crippen LogP contribution in [0.5, 0.6) is 5.75 Å². The second-order valence-corrected chi connectivity index (χ2v) is 4.53. The van der Waals surface area contributed by atoms with E-state index >= 15 is 0 Å². The van der Waals surface area contributed by atoms with Crippen LogP contribution >= 0.6 is 0 Å². The van der Waals surface area contributed by atoms with Crippen LogP contribution in [-0.4, -0.2) is 29.6 Å². The average Bonchev–Trinajstić information content (AvgIpc) is 2.47. The molecule has 0 aliphatic carbocycles. The highest BCUT2D eigenvalue weighted by Gasteiger charge is 2.18. The molecule has 8 nitrogen and oxygen atoms in total. The third-order valence-electron chi connectivity index (χ3n) is 2.68. The third-order valence-corrected chi connectivity index (χ3v) is 2.68. The first-order chi connectivity index (χ1) is 10.4. The molecule has 0 saturated carbocycles. The Labute approximate surface area is 127 Å². The lowest BCUT2D eigenvalue weighted by Gasteiger charge is -2.13. The van der Waals surface area contributed by atoms with Gasteiger partial charge < -0.3 is 14.8 Å². The maximum atomic E-state index is 11.8. The van der Waals surface area contributed by atoms with Crippen LogP contribution in [0.1, 0.15) is 26.7 Å². The van der Waals surface area contributed by atoms with Gasteiger partial charge in [0.1, 0.15) is 11.8 Å². The highest BCUT2D eigenvalue weighted by atomic mass is 16.6. The van der Waals surface area contributed by atoms with Crippen LogP contribution in [0.15, 0.2) is 24.3 Å². The molecular weight excluding hydrogens is 292 g/mol. The fourth-order valence-electron chi connectivity index (χ4n) is 1.43. The number of nitrogens with one attached hydrogen (secondary N) is 1. The van der Waals surface area contributed by atoms with Gasteiger partial charge in [-0.25, -0.2) is 9.59 Å². The molecule has 1 rings (SSSR count). The van der Waals surface area contributed by atoms with Crippen molar-refractivity contribution in [1.82, 2.24) is 5.32 Å². The van der Waals surface area contributed by atoms with E-state index in [0.29, 0.717) is 0 Å². The van der Waals surface area contributed by atoms with Gasteiger partial charge in [-0.3, -0.25) is 10.1 Å². The number of ether oxygens (including phenoxy) is 2. The summed E-state index contributed by atoms with van der Waals surface area (Å²) >= 11 is 0. The van der Waals surface area contributed by atoms with Gasteiger partial charge in [-0.15, -0.1) is 0 Å². The summed E-state index contributed by atoms with van der Waals surface area (Å²) in [7, 11) is 0. The number of alkyl carbamates (subject to hydrolysis) is 1. The van der Waals surface area contributed by atoms with Gasteiger partial charge >= 0.3 is 12.1 Å². The van der Waals surface area contributed by atoms with E-state index in [1.165, 1.54) is 31.2 Å². The van der Waals surface area contributed by atoms with Crippen LogP contribution in [0.2, 0.25) is 0 Å². The zero-order valence-corrected chi connectivity index (χ0v) is 12.4. The van der Waals surface area contributed by atoms with Crippen molar-refractivity contribution >= 4 is 17.7 Å². The molecule has 1 amide bonds. The molecule has 0 bridgehead atoms. The number of benzene rings is 1. The Hall–Kier alpha value is -2.64. The van der Waals surface area contributed by atoms with Crippen molar-refractivity contribution in [3.8, 4) is 5.75 Å². The molecule has 0 fully saturated rings. The molecule has 1 N–H and O–H groups in total. The summed E-state index contributed by atoms with van der Waals surface area (Å²) in [5.74, 6) is -0.537. The minimum atomic E-state index is -0.899. The smallest absolute Gasteiger partial charge is 0.407 e. The fraction of sp³-hybridized carbons (Fsp3) is 0.429. The molecule has 120 valence electrons. The maximum absolute atomic E-state index is 11.8. The van der Waals surface area contributed by atoms with E-state index in [9.17, 15) is 19.7 Å². The molecule has 22 heavy (non-hydrogen) atoms. The molecule has 0 aromatic heterocycles. The largest absolute Gasteiger partial charge is 0.450 e. The van der Waals surface area contributed by atoms with Gasteiger partial charge in [-0.2, -0.15) is 0 Å². The van der Waals surface area contributed by atoms with Crippen molar-refractivity contribution in [1.29, 1.82) is 0 Å². The molecule has 0 radical (unpaired) electrons. The number of amides is 1. The van der Waals surface area contributed by atoms with Crippen LogP contribution in [0, 0.1) is 10.1 Å². The summed E-state index contributed by atoms with van der Waals surface area (Å²) < 4.78 is 9.87. The minimum Gasteiger partial charge on any atom is -0.450 e. The van der Waals surface area contributed by atoms with Gasteiger partial charge in [0, 0.05) is 12.1 Å². The van der Waals surface area contributed by atoms with Crippen LogP contribution < -0.4 is 10.1 Å². The first kappa shape index (κ1) is 17.4. The number of nitro groups is 1. The SMILES string of the molecule is CCCCOC(=O)N[C@@H](C)C(=O)Oc1ccc([N+](=O)[O-])cc1. The van der Waals surface area contributed by atoms with Crippen molar-refractivity contribution in [2.75, 3.05) is 6.61 Å². The van der Waals surface area contributed by atoms with E-state index in [4.69, 9.17) is 9.47 Å². The summed E-state index contributed by atoms with van der Waals surface area (Å²) in [5, 5.41) is 12.9. The van der Waals surface area contributed by atoms with Crippen molar-refractivity contribution in [3.63, 3.8) is 0 Å². The number of nitrogens with zero attached hydrogens (tertiary/aromatic N) is 1. The number of rotatable bonds is 7. The normalized spacial score (nSPS) is 11.4. The Balaban J connectivity index is 2.46. The first-order valence-electron chi connectivity index (χ1n) is 6.83. The Morgan fingerprint density at radius 3 is 2.50 bits per heavy atom. The van der Waals surface area contributed by atoms with E-state index in [0.717, 1.165) is 12.8 Å². The molecular formula is C14H18N2O6. The van der Waals surface area contributed by atoms with Gasteiger partial charge in [0.25, 0.3) is 5.69 Å². The minimum absolute atomic E-state index is 0.106. The summed E-state index contributed by atoms with van der Waals surface area (Å²) in [5.41, 5.74) is -0.106. The number of carbonyl (C=O) groups excluding carboxylic acids is 2. The molecule has 0 spiro atoms. The van der Waals surface area contributed by atoms with Crippen molar-refractivity contribution in [2.45, 2.75) is 32.7 Å². The second kappa shape index (κ2) is 8.60. The van der Waals surface area contributed by atoms with Gasteiger partial charge in [0.2, 0.25) is 0 Å². The summed E-state index contributed by atoms with van der Waals surface area (Å²) in [6.07, 6.45) is 0.946. The highest BCUT2D eigenvalue weighted by molar-refractivity contribution is 5.82. The number of esters is 1. The topological polar surface area (TPSA) is 108 Å². The maximum Gasteiger partial charge on any atom is 0.407 e. The summed E-state index contributed by atoms with van der Waals surface area (Å²) in [4.78, 5) is 33.1. The standard InChI is InChI=1S/C14H18N2O6/c1-3-4-9-21-14(18)15-10(2)13(17)22-12-7-5-11(6-8-12)16(19)20/h5-8,10H,3-4,9H2,1-2H3,(H,15,18)/t10-/m0/s1. The molecule has 0 heterocycles. The van der Waals surface area contributed by atoms with Crippen molar-refractivity contribution < 1.29 is 24.0 Å². The van der Waals surface area contributed by atoms with E-state index in [1.54, 1.807) is 0 Å². The predicted octanol–water partition coefficient (Wildman–Crippen LogP) is 2.42. The third kappa shape index (κ3) is 5.78. The lowest BCUT2D eigenvalue weighted by atomic mass is 10.3. The number of carbonyl (C=O) groups is 2. The van der Waals surface area contributed by atoms with E-state index in [2.05, 4.69) is 5.32 Å². The van der Waals surface area contributed by atoms with E-state index in [-0.39, 0.29) is 18.0 Å². The number of unbranched alkanes of at least 4 members (excludes halogenated alkanes) is 1. The molecule has 0 aliphatic heterocycles. The average molecular weight is 310 g/mol. The first-order valence-corrected chi connectivity index (χ1v) is 6.83. The van der Waals surface area contributed by atoms with Gasteiger partial charge in [0.05, 0.1) is 11.5 Å². The van der Waals surface area contributed by atoms with Crippen LogP contribution in [0.25, 0.3) is 0 Å². The fourth-order valence-corrected chi connectivity index (χ4v) is 1.43. The van der Waals surface area contributed by atoms with Crippen molar-refractivity contribution in [2.24, 2.45) is 0 Å². The molecule has 8 heteroatoms. The van der Waals surface area contributed by atoms with Crippen molar-refractivity contribution in [3.05, 3.63) is 34.4 Å². The van der Waals surface area contributed by atoms with E-state index < -0.39 is 23.0 Å². The Bertz CT molecular complexity index is 529. The van der Waals surface area contributed by atoms with Gasteiger partial charge in [-0.1, -0.05) is 13.3 Å². The van der Waals surface area contributed by atoms with Crippen LogP contribution in [-0.2, 0) is 9.53 Å². The quantitative estimate of drug-likeness (QED) is 0.272. The molecule has 0 aliphatic rings. The number of hydrogen-bond donors (Lipinski definition) is 1. The Morgan fingerprint density at radius 2 is 1.95 bits per heavy atom. The van der Waals surface area contributed by atoms with Crippen LogP contribution in [0.4, 0.5) is 10.5 Å². The van der Waals surface area contributed by atoms with E-state index in [1.807, 2.05) is 6.92 Å². The molecule has 0 saturated heterocycles. The summed E-state index contributed by atoms with van der Waals surface area (Å²) in [6, 6.07) is 4.16. The van der Waals surface area contributed by atoms with Gasteiger partial charge in [0.15, 0.2) is 0 Å². The molecule has 0 unspecified atom stereocenters. The predicted molar refractivity (Wildman–Crippen MR) is 77.6 cm³/mol. The number of non-ortho nitro benzene ring substituents is 1. The van der Waals surface area contributed by atoms with Gasteiger partial charge in [-0.05, 0) is 25.5 Å². The lowest BCUT2D eigenvalue weighted by molar-refractivity contribution is -0.384. The Kier molecular flexibility index (Phi) is 6.81. The monoisotopic (exact) mass is 310 g/mol. The number of nitro benzene ring substituents is 1. The van der Waals surface area contributed by atoms with Crippen LogP contribution in [0.3, 0.4) is 0 Å². The molecule has 1 aromatic carbocycles. The second-order valence-electron chi connectivity index (χ2n) is 4.53. The summed E-state index contributed by atoms with van der Waals surface area (Å²) in [6.45, 7) is 3.70. The molecule has 1 aromatic rings. The lowest BCUT2D eigenvalue weighted by Crippen LogP contribution is -2.41. The Morgan fingerprint density at radius 1 is 1.32 bits per heavy atom. The number of hydrogen-bond acceptors (Lipinski definition) is 6. The zero-order chi connectivity index (χ0) is 16.5. The zero-order valence-electron chi connectivity index (χ0n) is 12.4.